The molecule has 0 aliphatic carbocycles. The van der Waals surface area contributed by atoms with E-state index >= 15 is 0 Å². The van der Waals surface area contributed by atoms with Gasteiger partial charge in [-0.3, -0.25) is 9.97 Å². The number of aromatic nitrogens is 4. The summed E-state index contributed by atoms with van der Waals surface area (Å²) < 4.78 is 0.951. The summed E-state index contributed by atoms with van der Waals surface area (Å²) >= 11 is 3.58. The third kappa shape index (κ3) is 10.1. The number of pyridine rings is 2. The Labute approximate surface area is 453 Å². The summed E-state index contributed by atoms with van der Waals surface area (Å²) in [6.45, 7) is 0. The topological polar surface area (TPSA) is 51.6 Å². The first-order chi connectivity index (χ1) is 36.1. The van der Waals surface area contributed by atoms with E-state index in [1.807, 2.05) is 67.3 Å². The van der Waals surface area contributed by atoms with E-state index in [9.17, 15) is 0 Å². The molecule has 4 nitrogen and oxygen atoms in total. The van der Waals surface area contributed by atoms with Crippen LogP contribution in [-0.4, -0.2) is 19.9 Å². The SMILES string of the molecule is Brc1cc[c-]c(-c2ncc(-c3ccccc3-c3cc(-c4ccccc4-c4ccc(-c5[c-]ccc(-c6ccccc6)c5)nc4)cc(-c4ccccc4-c4ccc(-c5[c-]ccc(-c6ccccc6)c5)nc4)c3)cn2)c1.[Ir+3]. The minimum absolute atomic E-state index is 0. The van der Waals surface area contributed by atoms with Gasteiger partial charge in [-0.25, -0.2) is 0 Å². The molecule has 0 aliphatic rings. The van der Waals surface area contributed by atoms with Gasteiger partial charge in [0.25, 0.3) is 0 Å². The molecule has 0 bridgehead atoms. The fourth-order valence-corrected chi connectivity index (χ4v) is 9.86. The average molecular weight is 1190 g/mol. The summed E-state index contributed by atoms with van der Waals surface area (Å²) in [5, 5.41) is 0. The van der Waals surface area contributed by atoms with Crippen molar-refractivity contribution in [1.29, 1.82) is 0 Å². The number of hydrogen-bond donors (Lipinski definition) is 0. The van der Waals surface area contributed by atoms with Gasteiger partial charge in [0.05, 0.1) is 5.82 Å². The second-order valence-electron chi connectivity index (χ2n) is 17.7. The molecule has 3 heterocycles. The molecular formula is C68H42BrIrN4. The summed E-state index contributed by atoms with van der Waals surface area (Å²) in [6, 6.07) is 90.3. The molecule has 0 atom stereocenters. The van der Waals surface area contributed by atoms with E-state index < -0.39 is 0 Å². The van der Waals surface area contributed by atoms with Crippen LogP contribution in [0.4, 0.5) is 0 Å². The Kier molecular flexibility index (Phi) is 14.0. The molecule has 12 aromatic rings. The van der Waals surface area contributed by atoms with Crippen molar-refractivity contribution in [3.63, 3.8) is 0 Å². The van der Waals surface area contributed by atoms with Crippen molar-refractivity contribution < 1.29 is 20.1 Å². The van der Waals surface area contributed by atoms with E-state index in [4.69, 9.17) is 19.9 Å². The Morgan fingerprint density at radius 2 is 0.635 bits per heavy atom. The number of halogens is 1. The minimum atomic E-state index is 0. The zero-order chi connectivity index (χ0) is 48.9. The average Bonchev–Trinajstić information content (AvgIpc) is 3.48. The Morgan fingerprint density at radius 1 is 0.270 bits per heavy atom. The first-order valence-electron chi connectivity index (χ1n) is 24.1. The van der Waals surface area contributed by atoms with Gasteiger partial charge < -0.3 is 9.97 Å². The van der Waals surface area contributed by atoms with Gasteiger partial charge in [0.1, 0.15) is 0 Å². The van der Waals surface area contributed by atoms with Crippen LogP contribution in [-0.2, 0) is 20.1 Å². The van der Waals surface area contributed by atoms with Crippen LogP contribution in [0.15, 0.2) is 260 Å². The Balaban J connectivity index is 0.00000588. The van der Waals surface area contributed by atoms with Crippen LogP contribution in [0, 0.1) is 18.2 Å². The Hall–Kier alpha value is -8.51. The third-order valence-corrected chi connectivity index (χ3v) is 13.6. The molecule has 0 unspecified atom stereocenters. The quantitative estimate of drug-likeness (QED) is 0.121. The summed E-state index contributed by atoms with van der Waals surface area (Å²) in [7, 11) is 0. The van der Waals surface area contributed by atoms with Gasteiger partial charge in [0, 0.05) is 30.4 Å². The predicted octanol–water partition coefficient (Wildman–Crippen LogP) is 17.8. The largest absolute Gasteiger partial charge is 3.00 e. The van der Waals surface area contributed by atoms with E-state index in [2.05, 4.69) is 222 Å². The Morgan fingerprint density at radius 3 is 1.04 bits per heavy atom. The number of hydrogen-bond acceptors (Lipinski definition) is 4. The molecule has 0 aliphatic heterocycles. The first kappa shape index (κ1) is 47.8. The van der Waals surface area contributed by atoms with Gasteiger partial charge in [-0.1, -0.05) is 178 Å². The van der Waals surface area contributed by atoms with Crippen LogP contribution in [0.25, 0.3) is 123 Å². The molecule has 12 rings (SSSR count). The van der Waals surface area contributed by atoms with Gasteiger partial charge in [-0.2, -0.15) is 0 Å². The van der Waals surface area contributed by atoms with Gasteiger partial charge in [0.2, 0.25) is 0 Å². The molecule has 0 N–H and O–H groups in total. The molecule has 3 aromatic heterocycles. The van der Waals surface area contributed by atoms with Crippen LogP contribution in [0.3, 0.4) is 0 Å². The predicted molar refractivity (Wildman–Crippen MR) is 302 cm³/mol. The summed E-state index contributed by atoms with van der Waals surface area (Å²) in [5.41, 5.74) is 21.6. The molecule has 0 radical (unpaired) electrons. The zero-order valence-electron chi connectivity index (χ0n) is 39.7. The van der Waals surface area contributed by atoms with Crippen molar-refractivity contribution in [2.75, 3.05) is 0 Å². The monoisotopic (exact) mass is 1190 g/mol. The van der Waals surface area contributed by atoms with E-state index in [0.29, 0.717) is 5.82 Å². The molecule has 6 heteroatoms. The molecule has 74 heavy (non-hydrogen) atoms. The zero-order valence-corrected chi connectivity index (χ0v) is 43.7. The van der Waals surface area contributed by atoms with Crippen molar-refractivity contribution in [2.45, 2.75) is 0 Å². The summed E-state index contributed by atoms with van der Waals surface area (Å²) in [5.74, 6) is 0.614. The minimum Gasteiger partial charge on any atom is -0.304 e. The smallest absolute Gasteiger partial charge is 0.304 e. The standard InChI is InChI=1S/C68H42BrN4.Ir/c69-59-25-15-24-52(41-59)68-72-44-58(45-73-68)65-31-12-11-30-64(65)57-39-55(62-28-9-7-26-60(62)53-32-34-66(70-42-53)50-22-13-20-48(36-50)46-16-3-1-4-17-46)38-56(40-57)63-29-10-8-27-61(63)54-33-35-67(71-43-54)51-23-14-21-49(37-51)47-18-5-2-6-19-47;/h1-21,25-45H;/q-3;+3. The van der Waals surface area contributed by atoms with Gasteiger partial charge >= 0.3 is 20.1 Å². The van der Waals surface area contributed by atoms with Crippen LogP contribution in [0.5, 0.6) is 0 Å². The third-order valence-electron chi connectivity index (χ3n) is 13.1. The fraction of sp³-hybridized carbons (Fsp3) is 0. The van der Waals surface area contributed by atoms with E-state index in [-0.39, 0.29) is 20.1 Å². The van der Waals surface area contributed by atoms with Gasteiger partial charge in [-0.15, -0.1) is 101 Å². The number of rotatable bonds is 11. The normalized spacial score (nSPS) is 10.9. The maximum Gasteiger partial charge on any atom is 3.00 e. The second-order valence-corrected chi connectivity index (χ2v) is 18.6. The fourth-order valence-electron chi connectivity index (χ4n) is 9.50. The first-order valence-corrected chi connectivity index (χ1v) is 24.9. The van der Waals surface area contributed by atoms with Crippen molar-refractivity contribution in [3.8, 4) is 123 Å². The van der Waals surface area contributed by atoms with Crippen molar-refractivity contribution >= 4 is 15.9 Å². The van der Waals surface area contributed by atoms with Crippen LogP contribution < -0.4 is 0 Å². The second kappa shape index (κ2) is 21.7. The van der Waals surface area contributed by atoms with Crippen LogP contribution in [0.1, 0.15) is 0 Å². The molecule has 0 fully saturated rings. The number of nitrogens with zero attached hydrogens (tertiary/aromatic N) is 4. The number of benzene rings is 9. The molecule has 9 aromatic carbocycles. The molecule has 0 spiro atoms. The molecule has 0 saturated carbocycles. The van der Waals surface area contributed by atoms with Crippen LogP contribution in [0.2, 0.25) is 0 Å². The van der Waals surface area contributed by atoms with E-state index in [1.165, 1.54) is 0 Å². The molecule has 0 amide bonds. The van der Waals surface area contributed by atoms with Gasteiger partial charge in [0.15, 0.2) is 0 Å². The van der Waals surface area contributed by atoms with Crippen molar-refractivity contribution in [3.05, 3.63) is 278 Å². The van der Waals surface area contributed by atoms with Gasteiger partial charge in [-0.05, 0) is 102 Å². The summed E-state index contributed by atoms with van der Waals surface area (Å²) in [4.78, 5) is 19.7. The van der Waals surface area contributed by atoms with E-state index in [1.54, 1.807) is 0 Å². The Bertz CT molecular complexity index is 3710. The molecule has 0 saturated heterocycles. The van der Waals surface area contributed by atoms with Crippen molar-refractivity contribution in [1.82, 2.24) is 19.9 Å². The maximum atomic E-state index is 5.03. The summed E-state index contributed by atoms with van der Waals surface area (Å²) in [6.07, 6.45) is 7.77. The molecule has 350 valence electrons. The van der Waals surface area contributed by atoms with Crippen LogP contribution >= 0.6 is 15.9 Å². The maximum absolute atomic E-state index is 5.03. The van der Waals surface area contributed by atoms with E-state index in [0.717, 1.165) is 122 Å². The molecular weight excluding hydrogens is 1140 g/mol. The van der Waals surface area contributed by atoms with Crippen molar-refractivity contribution in [2.24, 2.45) is 0 Å².